The van der Waals surface area contributed by atoms with Crippen molar-refractivity contribution in [1.29, 1.82) is 0 Å². The molecule has 0 aromatic heterocycles. The Labute approximate surface area is 48.3 Å². The number of rotatable bonds is 1. The second-order valence-corrected chi connectivity index (χ2v) is 1.64. The molecule has 3 nitrogen and oxygen atoms in total. The first-order valence-electron chi connectivity index (χ1n) is 2.60. The minimum Gasteiger partial charge on any atom is -0.399 e. The smallest absolute Gasteiger partial charge is 0.106 e. The van der Waals surface area contributed by atoms with Crippen LogP contribution < -0.4 is 0 Å². The summed E-state index contributed by atoms with van der Waals surface area (Å²) in [6.45, 7) is 1.44. The third-order valence-corrected chi connectivity index (χ3v) is 1.02. The highest BCUT2D eigenvalue weighted by Crippen LogP contribution is 1.98. The Morgan fingerprint density at radius 1 is 1.75 bits per heavy atom. The van der Waals surface area contributed by atoms with Crippen LogP contribution in [0.25, 0.3) is 0 Å². The van der Waals surface area contributed by atoms with Crippen LogP contribution >= 0.6 is 0 Å². The van der Waals surface area contributed by atoms with E-state index in [2.05, 4.69) is 9.99 Å². The van der Waals surface area contributed by atoms with Gasteiger partial charge in [-0.25, -0.2) is 0 Å². The summed E-state index contributed by atoms with van der Waals surface area (Å²) in [5.41, 5.74) is 1.01. The zero-order valence-electron chi connectivity index (χ0n) is 4.89. The van der Waals surface area contributed by atoms with E-state index < -0.39 is 0 Å². The number of hydrogen-bond donors (Lipinski definition) is 0. The molecule has 0 aliphatic carbocycles. The Morgan fingerprint density at radius 2 is 2.62 bits per heavy atom. The lowest BCUT2D eigenvalue weighted by atomic mass is 10.3. The summed E-state index contributed by atoms with van der Waals surface area (Å²) in [4.78, 5) is 4.53. The van der Waals surface area contributed by atoms with Gasteiger partial charge in [-0.15, -0.1) is 0 Å². The summed E-state index contributed by atoms with van der Waals surface area (Å²) in [5, 5.41) is 3.72. The highest BCUT2D eigenvalue weighted by atomic mass is 16.6. The normalized spacial score (nSPS) is 24.4. The van der Waals surface area contributed by atoms with Gasteiger partial charge in [0, 0.05) is 6.42 Å². The van der Waals surface area contributed by atoms with Crippen LogP contribution in [0.15, 0.2) is 5.16 Å². The van der Waals surface area contributed by atoms with Crippen LogP contribution in [0, 0.1) is 0 Å². The molecule has 1 heterocycles. The van der Waals surface area contributed by atoms with E-state index in [1.54, 1.807) is 7.11 Å². The Bertz CT molecular complexity index is 92.6. The van der Waals surface area contributed by atoms with Crippen molar-refractivity contribution in [2.45, 2.75) is 6.42 Å². The van der Waals surface area contributed by atoms with Gasteiger partial charge in [-0.05, 0) is 0 Å². The molecule has 0 spiro atoms. The van der Waals surface area contributed by atoms with Crippen LogP contribution in [-0.4, -0.2) is 26.0 Å². The summed E-state index contributed by atoms with van der Waals surface area (Å²) in [5.74, 6) is 0. The van der Waals surface area contributed by atoms with Crippen LogP contribution in [0.1, 0.15) is 6.42 Å². The molecular weight excluding hydrogens is 106 g/mol. The van der Waals surface area contributed by atoms with E-state index in [1.807, 2.05) is 0 Å². The van der Waals surface area contributed by atoms with E-state index in [9.17, 15) is 0 Å². The highest BCUT2D eigenvalue weighted by molar-refractivity contribution is 5.86. The van der Waals surface area contributed by atoms with Gasteiger partial charge in [0.25, 0.3) is 0 Å². The van der Waals surface area contributed by atoms with Crippen molar-refractivity contribution in [2.75, 3.05) is 20.3 Å². The molecule has 1 aliphatic rings. The van der Waals surface area contributed by atoms with Crippen LogP contribution in [0.3, 0.4) is 0 Å². The van der Waals surface area contributed by atoms with E-state index in [4.69, 9.17) is 4.74 Å². The third-order valence-electron chi connectivity index (χ3n) is 1.02. The molecule has 8 heavy (non-hydrogen) atoms. The first kappa shape index (κ1) is 5.56. The predicted molar refractivity (Wildman–Crippen MR) is 29.9 cm³/mol. The number of nitrogens with zero attached hydrogens (tertiary/aromatic N) is 1. The molecule has 1 saturated heterocycles. The molecule has 0 aromatic rings. The SMILES string of the molecule is CO/N=C1/CCOC1. The second-order valence-electron chi connectivity index (χ2n) is 1.64. The molecule has 3 heteroatoms. The van der Waals surface area contributed by atoms with Crippen molar-refractivity contribution in [2.24, 2.45) is 5.16 Å². The number of ether oxygens (including phenoxy) is 1. The largest absolute Gasteiger partial charge is 0.399 e. The van der Waals surface area contributed by atoms with Crippen molar-refractivity contribution < 1.29 is 9.57 Å². The van der Waals surface area contributed by atoms with Gasteiger partial charge >= 0.3 is 0 Å². The topological polar surface area (TPSA) is 30.8 Å². The standard InChI is InChI=1S/C5H9NO2/c1-7-6-5-2-3-8-4-5/h2-4H2,1H3/b6-5-. The Hall–Kier alpha value is -0.570. The van der Waals surface area contributed by atoms with Crippen LogP contribution in [-0.2, 0) is 9.57 Å². The fraction of sp³-hybridized carbons (Fsp3) is 0.800. The maximum absolute atomic E-state index is 5.00. The second kappa shape index (κ2) is 2.67. The van der Waals surface area contributed by atoms with E-state index in [0.29, 0.717) is 6.61 Å². The van der Waals surface area contributed by atoms with Crippen molar-refractivity contribution in [1.82, 2.24) is 0 Å². The Kier molecular flexibility index (Phi) is 1.86. The number of hydrogen-bond acceptors (Lipinski definition) is 3. The van der Waals surface area contributed by atoms with Gasteiger partial charge in [-0.2, -0.15) is 0 Å². The average molecular weight is 115 g/mol. The quantitative estimate of drug-likeness (QED) is 0.463. The molecule has 0 amide bonds. The number of oxime groups is 1. The minimum absolute atomic E-state index is 0.647. The molecule has 0 unspecified atom stereocenters. The monoisotopic (exact) mass is 115 g/mol. The molecule has 1 fully saturated rings. The van der Waals surface area contributed by atoms with Gasteiger partial charge in [-0.1, -0.05) is 5.16 Å². The highest BCUT2D eigenvalue weighted by Gasteiger charge is 2.07. The summed E-state index contributed by atoms with van der Waals surface area (Å²) in [6.07, 6.45) is 0.924. The maximum Gasteiger partial charge on any atom is 0.106 e. The van der Waals surface area contributed by atoms with Crippen molar-refractivity contribution in [3.8, 4) is 0 Å². The van der Waals surface area contributed by atoms with Gasteiger partial charge in [0.2, 0.25) is 0 Å². The minimum atomic E-state index is 0.647. The zero-order valence-corrected chi connectivity index (χ0v) is 4.89. The summed E-state index contributed by atoms with van der Waals surface area (Å²) >= 11 is 0. The fourth-order valence-electron chi connectivity index (χ4n) is 0.653. The predicted octanol–water partition coefficient (Wildman–Crippen LogP) is 0.409. The lowest BCUT2D eigenvalue weighted by Crippen LogP contribution is -1.95. The van der Waals surface area contributed by atoms with Gasteiger partial charge in [0.05, 0.1) is 18.9 Å². The van der Waals surface area contributed by atoms with Crippen LogP contribution in [0.5, 0.6) is 0 Å². The Balaban J connectivity index is 2.33. The molecule has 0 saturated carbocycles. The zero-order chi connectivity index (χ0) is 5.82. The van der Waals surface area contributed by atoms with Crippen molar-refractivity contribution in [3.63, 3.8) is 0 Å². The van der Waals surface area contributed by atoms with Crippen LogP contribution in [0.2, 0.25) is 0 Å². The fourth-order valence-corrected chi connectivity index (χ4v) is 0.653. The van der Waals surface area contributed by atoms with E-state index in [0.717, 1.165) is 18.7 Å². The summed E-state index contributed by atoms with van der Waals surface area (Å²) in [7, 11) is 1.55. The molecule has 1 rings (SSSR count). The van der Waals surface area contributed by atoms with Gasteiger partial charge in [0.15, 0.2) is 0 Å². The molecular formula is C5H9NO2. The molecule has 0 N–H and O–H groups in total. The van der Waals surface area contributed by atoms with Gasteiger partial charge < -0.3 is 9.57 Å². The first-order valence-corrected chi connectivity index (χ1v) is 2.60. The maximum atomic E-state index is 5.00. The van der Waals surface area contributed by atoms with Gasteiger partial charge in [-0.3, -0.25) is 0 Å². The molecule has 1 aliphatic heterocycles. The molecule has 0 atom stereocenters. The lowest BCUT2D eigenvalue weighted by Gasteiger charge is -1.88. The molecule has 0 bridgehead atoms. The van der Waals surface area contributed by atoms with E-state index in [1.165, 1.54) is 0 Å². The average Bonchev–Trinajstić information content (AvgIpc) is 2.19. The van der Waals surface area contributed by atoms with Crippen LogP contribution in [0.4, 0.5) is 0 Å². The van der Waals surface area contributed by atoms with E-state index in [-0.39, 0.29) is 0 Å². The Morgan fingerprint density at radius 3 is 3.12 bits per heavy atom. The summed E-state index contributed by atoms with van der Waals surface area (Å²) in [6, 6.07) is 0. The third kappa shape index (κ3) is 1.20. The van der Waals surface area contributed by atoms with E-state index >= 15 is 0 Å². The van der Waals surface area contributed by atoms with Crippen molar-refractivity contribution in [3.05, 3.63) is 0 Å². The lowest BCUT2D eigenvalue weighted by molar-refractivity contribution is 0.199. The first-order chi connectivity index (χ1) is 3.93. The molecule has 46 valence electrons. The van der Waals surface area contributed by atoms with Gasteiger partial charge in [0.1, 0.15) is 7.11 Å². The summed E-state index contributed by atoms with van der Waals surface area (Å²) < 4.78 is 5.00. The molecule has 0 aromatic carbocycles. The molecule has 0 radical (unpaired) electrons. The van der Waals surface area contributed by atoms with Crippen molar-refractivity contribution >= 4 is 5.71 Å².